The van der Waals surface area contributed by atoms with Crippen molar-refractivity contribution in [2.75, 3.05) is 24.6 Å². The number of nitrogens with zero attached hydrogens (tertiary/aromatic N) is 1. The van der Waals surface area contributed by atoms with Crippen molar-refractivity contribution in [2.45, 2.75) is 141 Å². The van der Waals surface area contributed by atoms with Crippen molar-refractivity contribution in [1.82, 2.24) is 3.48 Å². The van der Waals surface area contributed by atoms with Crippen LogP contribution >= 0.6 is 6.75 Å². The van der Waals surface area contributed by atoms with Crippen LogP contribution in [0.25, 0.3) is 0 Å². The van der Waals surface area contributed by atoms with Gasteiger partial charge >= 0.3 is 240 Å². The Labute approximate surface area is 239 Å². The molecule has 0 atom stereocenters. The average molecular weight is 652 g/mol. The Balaban J connectivity index is 6.83. The molecule has 0 aromatic heterocycles. The molecule has 0 amide bonds. The van der Waals surface area contributed by atoms with Gasteiger partial charge in [-0.2, -0.15) is 0 Å². The summed E-state index contributed by atoms with van der Waals surface area (Å²) in [6.45, 7) is 2.30. The van der Waals surface area contributed by atoms with Gasteiger partial charge in [0, 0.05) is 0 Å². The fourth-order valence-electron chi connectivity index (χ4n) is 5.61. The normalized spacial score (nSPS) is 14.9. The summed E-state index contributed by atoms with van der Waals surface area (Å²) in [5, 5.41) is 0. The minimum atomic E-state index is -6.87. The van der Waals surface area contributed by atoms with Crippen molar-refractivity contribution in [2.24, 2.45) is 0 Å². The summed E-state index contributed by atoms with van der Waals surface area (Å²) in [4.78, 5) is 0. The summed E-state index contributed by atoms with van der Waals surface area (Å²) in [7, 11) is -13.7. The third-order valence-corrected chi connectivity index (χ3v) is 21.8. The molecule has 0 aliphatic heterocycles. The van der Waals surface area contributed by atoms with E-state index in [0.29, 0.717) is 32.1 Å². The van der Waals surface area contributed by atoms with Crippen LogP contribution in [0.4, 0.5) is 26.3 Å². The minimum absolute atomic E-state index is 0.139. The molecule has 0 rings (SSSR count). The number of alkyl halides is 6. The zero-order chi connectivity index (χ0) is 31.2. The summed E-state index contributed by atoms with van der Waals surface area (Å²) >= 11 is 0. The third-order valence-electron chi connectivity index (χ3n) is 7.80. The number of rotatable bonds is 23. The third kappa shape index (κ3) is 10.5. The van der Waals surface area contributed by atoms with E-state index >= 15 is 0 Å². The van der Waals surface area contributed by atoms with E-state index in [9.17, 15) is 43.2 Å². The van der Waals surface area contributed by atoms with Crippen molar-refractivity contribution >= 4 is 26.8 Å². The zero-order valence-electron chi connectivity index (χ0n) is 24.8. The van der Waals surface area contributed by atoms with E-state index in [-0.39, 0.29) is 50.3 Å². The topological polar surface area (TPSA) is 71.5 Å². The van der Waals surface area contributed by atoms with Gasteiger partial charge in [-0.3, -0.25) is 0 Å². The summed E-state index contributed by atoms with van der Waals surface area (Å²) < 4.78 is 136. The van der Waals surface area contributed by atoms with Gasteiger partial charge in [0.2, 0.25) is 0 Å². The van der Waals surface area contributed by atoms with Crippen molar-refractivity contribution in [3.63, 3.8) is 0 Å². The van der Waals surface area contributed by atoms with Gasteiger partial charge in [-0.1, -0.05) is 0 Å². The molecule has 0 saturated heterocycles. The van der Waals surface area contributed by atoms with E-state index in [0.717, 1.165) is 38.5 Å². The summed E-state index contributed by atoms with van der Waals surface area (Å²) in [6.07, 6.45) is 9.25. The summed E-state index contributed by atoms with van der Waals surface area (Å²) in [5.41, 5.74) is -12.4. The van der Waals surface area contributed by atoms with E-state index < -0.39 is 41.3 Å². The van der Waals surface area contributed by atoms with Crippen LogP contribution in [0, 0.1) is 0 Å². The van der Waals surface area contributed by atoms with Crippen LogP contribution in [0.3, 0.4) is 0 Å². The molecule has 40 heavy (non-hydrogen) atoms. The molecular weight excluding hydrogens is 599 g/mol. The Morgan fingerprint density at radius 2 is 0.700 bits per heavy atom. The van der Waals surface area contributed by atoms with Gasteiger partial charge in [-0.25, -0.2) is 0 Å². The van der Waals surface area contributed by atoms with E-state index in [1.165, 1.54) is 6.42 Å². The van der Waals surface area contributed by atoms with Crippen molar-refractivity contribution in [3.05, 3.63) is 0 Å². The molecular formula is C26H52F6NO4PS2. The maximum absolute atomic E-state index is 14.1. The molecule has 0 aromatic rings. The van der Waals surface area contributed by atoms with Crippen LogP contribution in [-0.4, -0.2) is 56.0 Å². The number of sulfonamides is 2. The molecule has 0 aliphatic rings. The standard InChI is InChI=1S/C26H52F6NO4PS2/c1-5-9-13-14-15-16-17-18-19-20-24-38(21-10-6-2,22-11-7-3,23-12-8-4)33(39(34,35)25(27,28)29)40(36,37)26(30,31)32/h5-24H2,1-4H3. The molecule has 244 valence electrons. The molecule has 0 N–H and O–H groups in total. The maximum atomic E-state index is 14.1. The summed E-state index contributed by atoms with van der Waals surface area (Å²) in [5.74, 6) is 0. The van der Waals surface area contributed by atoms with Crippen LogP contribution in [0.1, 0.15) is 130 Å². The Bertz CT molecular complexity index is 856. The number of hydrogen-bond donors (Lipinski definition) is 0. The van der Waals surface area contributed by atoms with Gasteiger partial charge in [0.25, 0.3) is 0 Å². The van der Waals surface area contributed by atoms with Gasteiger partial charge in [0.05, 0.1) is 0 Å². The predicted molar refractivity (Wildman–Crippen MR) is 155 cm³/mol. The predicted octanol–water partition coefficient (Wildman–Crippen LogP) is 9.78. The SMILES string of the molecule is CCCCCCCCCCCCP(CCCC)(CCCC)(CCCC)N(S(=O)(=O)C(F)(F)F)S(=O)(=O)C(F)(F)F. The first-order chi connectivity index (χ1) is 18.4. The molecule has 5 nitrogen and oxygen atoms in total. The number of halogens is 6. The number of unbranched alkanes of at least 4 members (excludes halogenated alkanes) is 12. The van der Waals surface area contributed by atoms with Crippen LogP contribution in [0.2, 0.25) is 0 Å². The second-order valence-corrected chi connectivity index (χ2v) is 21.5. The van der Waals surface area contributed by atoms with E-state index in [2.05, 4.69) is 6.92 Å². The molecule has 0 aliphatic carbocycles. The first-order valence-corrected chi connectivity index (χ1v) is 20.7. The monoisotopic (exact) mass is 651 g/mol. The van der Waals surface area contributed by atoms with Crippen molar-refractivity contribution in [3.8, 4) is 0 Å². The second-order valence-electron chi connectivity index (χ2n) is 11.1. The molecule has 0 unspecified atom stereocenters. The van der Waals surface area contributed by atoms with Crippen LogP contribution in [-0.2, 0) is 20.0 Å². The Morgan fingerprint density at radius 1 is 0.450 bits per heavy atom. The van der Waals surface area contributed by atoms with Crippen molar-refractivity contribution < 1.29 is 43.2 Å². The first-order valence-electron chi connectivity index (χ1n) is 14.9. The van der Waals surface area contributed by atoms with Crippen LogP contribution < -0.4 is 0 Å². The van der Waals surface area contributed by atoms with Gasteiger partial charge in [-0.05, 0) is 0 Å². The zero-order valence-corrected chi connectivity index (χ0v) is 27.3. The number of hydrogen-bond acceptors (Lipinski definition) is 4. The molecule has 0 aromatic carbocycles. The second kappa shape index (κ2) is 17.2. The molecule has 0 radical (unpaired) electrons. The molecule has 0 heterocycles. The molecule has 0 fully saturated rings. The quantitative estimate of drug-likeness (QED) is 0.0627. The van der Waals surface area contributed by atoms with Crippen molar-refractivity contribution in [1.29, 1.82) is 0 Å². The Hall–Kier alpha value is -0.130. The average Bonchev–Trinajstić information content (AvgIpc) is 2.85. The molecule has 14 heteroatoms. The van der Waals surface area contributed by atoms with Gasteiger partial charge in [-0.15, -0.1) is 0 Å². The fourth-order valence-corrected chi connectivity index (χ4v) is 21.3. The van der Waals surface area contributed by atoms with E-state index in [1.807, 2.05) is 0 Å². The Kier molecular flexibility index (Phi) is 17.2. The van der Waals surface area contributed by atoms with E-state index in [1.54, 1.807) is 20.8 Å². The van der Waals surface area contributed by atoms with Crippen LogP contribution in [0.5, 0.6) is 0 Å². The van der Waals surface area contributed by atoms with Gasteiger partial charge in [0.1, 0.15) is 0 Å². The molecule has 0 saturated carbocycles. The fraction of sp³-hybridized carbons (Fsp3) is 1.00. The molecule has 0 spiro atoms. The van der Waals surface area contributed by atoms with Gasteiger partial charge < -0.3 is 0 Å². The van der Waals surface area contributed by atoms with Crippen LogP contribution in [0.15, 0.2) is 0 Å². The first kappa shape index (κ1) is 39.9. The summed E-state index contributed by atoms with van der Waals surface area (Å²) in [6, 6.07) is 0. The molecule has 0 bridgehead atoms. The Morgan fingerprint density at radius 3 is 0.975 bits per heavy atom. The van der Waals surface area contributed by atoms with Gasteiger partial charge in [0.15, 0.2) is 0 Å². The van der Waals surface area contributed by atoms with E-state index in [4.69, 9.17) is 0 Å².